The van der Waals surface area contributed by atoms with E-state index in [0.29, 0.717) is 28.4 Å². The minimum atomic E-state index is -0.550. The SMILES string of the molecule is COc1cc(/C=C(/C#N)C(=O)Nc2cccc3ncccc23)ccc1OCC(=O)Nc1ccc(C)cc1. The molecular weight excluding hydrogens is 468 g/mol. The van der Waals surface area contributed by atoms with Crippen molar-refractivity contribution in [3.05, 3.63) is 95.7 Å². The Labute approximate surface area is 214 Å². The number of nitriles is 1. The maximum absolute atomic E-state index is 12.8. The zero-order valence-corrected chi connectivity index (χ0v) is 20.3. The molecule has 0 bridgehead atoms. The fourth-order valence-electron chi connectivity index (χ4n) is 3.59. The monoisotopic (exact) mass is 492 g/mol. The highest BCUT2D eigenvalue weighted by Gasteiger charge is 2.13. The fraction of sp³-hybridized carbons (Fsp3) is 0.103. The third-order valence-electron chi connectivity index (χ3n) is 5.45. The van der Waals surface area contributed by atoms with Gasteiger partial charge in [-0.15, -0.1) is 0 Å². The number of aromatic nitrogens is 1. The molecular formula is C29H24N4O4. The summed E-state index contributed by atoms with van der Waals surface area (Å²) in [6, 6.07) is 23.3. The lowest BCUT2D eigenvalue weighted by Crippen LogP contribution is -2.20. The molecule has 0 aliphatic heterocycles. The van der Waals surface area contributed by atoms with E-state index in [1.165, 1.54) is 13.2 Å². The first-order valence-electron chi connectivity index (χ1n) is 11.4. The van der Waals surface area contributed by atoms with Gasteiger partial charge in [-0.3, -0.25) is 14.6 Å². The van der Waals surface area contributed by atoms with Crippen LogP contribution in [0.3, 0.4) is 0 Å². The predicted molar refractivity (Wildman–Crippen MR) is 142 cm³/mol. The number of hydrogen-bond acceptors (Lipinski definition) is 6. The van der Waals surface area contributed by atoms with Gasteiger partial charge in [0.15, 0.2) is 18.1 Å². The first-order chi connectivity index (χ1) is 18.0. The average molecular weight is 493 g/mol. The Morgan fingerprint density at radius 2 is 1.81 bits per heavy atom. The van der Waals surface area contributed by atoms with E-state index in [0.717, 1.165) is 16.5 Å². The molecule has 0 aliphatic carbocycles. The molecule has 0 fully saturated rings. The van der Waals surface area contributed by atoms with Crippen molar-refractivity contribution in [1.82, 2.24) is 4.98 Å². The Morgan fingerprint density at radius 1 is 1.00 bits per heavy atom. The van der Waals surface area contributed by atoms with Crippen LogP contribution in [0.15, 0.2) is 84.6 Å². The van der Waals surface area contributed by atoms with Crippen molar-refractivity contribution in [3.8, 4) is 17.6 Å². The zero-order chi connectivity index (χ0) is 26.2. The van der Waals surface area contributed by atoms with Crippen molar-refractivity contribution >= 4 is 40.2 Å². The number of amides is 2. The Morgan fingerprint density at radius 3 is 2.57 bits per heavy atom. The Bertz CT molecular complexity index is 1520. The molecule has 0 saturated heterocycles. The Balaban J connectivity index is 1.45. The second kappa shape index (κ2) is 11.5. The van der Waals surface area contributed by atoms with Crippen LogP contribution in [-0.2, 0) is 9.59 Å². The van der Waals surface area contributed by atoms with Crippen LogP contribution in [0.1, 0.15) is 11.1 Å². The standard InChI is InChI=1S/C29H24N4O4/c1-19-8-11-22(12-9-19)32-28(34)18-37-26-13-10-20(16-27(26)36-2)15-21(17-30)29(35)33-25-7-3-6-24-23(25)5-4-14-31-24/h3-16H,18H2,1-2H3,(H,32,34)(H,33,35)/b21-15-. The Hall–Kier alpha value is -5.16. The molecule has 0 unspecified atom stereocenters. The number of anilines is 2. The molecule has 37 heavy (non-hydrogen) atoms. The molecule has 1 heterocycles. The van der Waals surface area contributed by atoms with Gasteiger partial charge in [-0.05, 0) is 67.1 Å². The quantitative estimate of drug-likeness (QED) is 0.261. The number of hydrogen-bond donors (Lipinski definition) is 2. The summed E-state index contributed by atoms with van der Waals surface area (Å²) in [7, 11) is 1.47. The highest BCUT2D eigenvalue weighted by molar-refractivity contribution is 6.12. The second-order valence-electron chi connectivity index (χ2n) is 8.11. The summed E-state index contributed by atoms with van der Waals surface area (Å²) in [5.41, 5.74) is 3.52. The lowest BCUT2D eigenvalue weighted by atomic mass is 10.1. The van der Waals surface area contributed by atoms with Crippen LogP contribution in [0.4, 0.5) is 11.4 Å². The van der Waals surface area contributed by atoms with Gasteiger partial charge in [0.25, 0.3) is 11.8 Å². The number of pyridine rings is 1. The highest BCUT2D eigenvalue weighted by Crippen LogP contribution is 2.29. The van der Waals surface area contributed by atoms with Gasteiger partial charge in [0.05, 0.1) is 18.3 Å². The number of carbonyl (C=O) groups excluding carboxylic acids is 2. The van der Waals surface area contributed by atoms with Crippen LogP contribution in [0, 0.1) is 18.3 Å². The number of methoxy groups -OCH3 is 1. The molecule has 0 aliphatic rings. The molecule has 0 saturated carbocycles. The van der Waals surface area contributed by atoms with Gasteiger partial charge in [-0.1, -0.05) is 29.8 Å². The normalized spacial score (nSPS) is 10.9. The van der Waals surface area contributed by atoms with E-state index in [1.807, 2.05) is 49.4 Å². The Kier molecular flexibility index (Phi) is 7.76. The van der Waals surface area contributed by atoms with E-state index < -0.39 is 5.91 Å². The van der Waals surface area contributed by atoms with Gasteiger partial charge in [-0.25, -0.2) is 0 Å². The maximum Gasteiger partial charge on any atom is 0.266 e. The number of nitrogens with zero attached hydrogens (tertiary/aromatic N) is 2. The summed E-state index contributed by atoms with van der Waals surface area (Å²) >= 11 is 0. The molecule has 0 radical (unpaired) electrons. The fourth-order valence-corrected chi connectivity index (χ4v) is 3.59. The van der Waals surface area contributed by atoms with Crippen LogP contribution < -0.4 is 20.1 Å². The smallest absolute Gasteiger partial charge is 0.266 e. The van der Waals surface area contributed by atoms with Crippen LogP contribution in [-0.4, -0.2) is 30.5 Å². The van der Waals surface area contributed by atoms with E-state index in [2.05, 4.69) is 15.6 Å². The second-order valence-corrected chi connectivity index (χ2v) is 8.11. The van der Waals surface area contributed by atoms with Crippen LogP contribution in [0.5, 0.6) is 11.5 Å². The topological polar surface area (TPSA) is 113 Å². The number of fused-ring (bicyclic) bond motifs is 1. The first-order valence-corrected chi connectivity index (χ1v) is 11.4. The van der Waals surface area contributed by atoms with Crippen LogP contribution in [0.2, 0.25) is 0 Å². The number of aryl methyl sites for hydroxylation is 1. The summed E-state index contributed by atoms with van der Waals surface area (Å²) in [6.45, 7) is 1.75. The van der Waals surface area contributed by atoms with E-state index in [4.69, 9.17) is 9.47 Å². The third kappa shape index (κ3) is 6.29. The van der Waals surface area contributed by atoms with Gasteiger partial charge >= 0.3 is 0 Å². The molecule has 2 N–H and O–H groups in total. The molecule has 184 valence electrons. The van der Waals surface area contributed by atoms with Gasteiger partial charge in [0.1, 0.15) is 11.6 Å². The summed E-state index contributed by atoms with van der Waals surface area (Å²) < 4.78 is 11.0. The maximum atomic E-state index is 12.8. The van der Waals surface area contributed by atoms with Crippen molar-refractivity contribution in [2.75, 3.05) is 24.4 Å². The molecule has 3 aromatic carbocycles. The van der Waals surface area contributed by atoms with Crippen molar-refractivity contribution in [3.63, 3.8) is 0 Å². The summed E-state index contributed by atoms with van der Waals surface area (Å²) in [5.74, 6) is -0.160. The molecule has 1 aromatic heterocycles. The van der Waals surface area contributed by atoms with Gasteiger partial charge in [-0.2, -0.15) is 5.26 Å². The van der Waals surface area contributed by atoms with Gasteiger partial charge in [0, 0.05) is 17.3 Å². The number of carbonyl (C=O) groups is 2. The van der Waals surface area contributed by atoms with Crippen molar-refractivity contribution in [2.45, 2.75) is 6.92 Å². The predicted octanol–water partition coefficient (Wildman–Crippen LogP) is 5.12. The average Bonchev–Trinajstić information content (AvgIpc) is 2.92. The number of nitrogens with one attached hydrogen (secondary N) is 2. The van der Waals surface area contributed by atoms with E-state index >= 15 is 0 Å². The molecule has 8 nitrogen and oxygen atoms in total. The summed E-state index contributed by atoms with van der Waals surface area (Å²) in [5, 5.41) is 15.9. The minimum Gasteiger partial charge on any atom is -0.493 e. The summed E-state index contributed by atoms with van der Waals surface area (Å²) in [6.07, 6.45) is 3.13. The molecule has 4 aromatic rings. The largest absolute Gasteiger partial charge is 0.493 e. The number of ether oxygens (including phenoxy) is 2. The van der Waals surface area contributed by atoms with Crippen molar-refractivity contribution in [2.24, 2.45) is 0 Å². The highest BCUT2D eigenvalue weighted by atomic mass is 16.5. The van der Waals surface area contributed by atoms with Crippen LogP contribution in [0.25, 0.3) is 17.0 Å². The first kappa shape index (κ1) is 24.9. The lowest BCUT2D eigenvalue weighted by molar-refractivity contribution is -0.118. The van der Waals surface area contributed by atoms with E-state index in [1.54, 1.807) is 42.6 Å². The van der Waals surface area contributed by atoms with Crippen molar-refractivity contribution < 1.29 is 19.1 Å². The van der Waals surface area contributed by atoms with Gasteiger partial charge in [0.2, 0.25) is 0 Å². The minimum absolute atomic E-state index is 0.0888. The number of rotatable bonds is 8. The van der Waals surface area contributed by atoms with Crippen LogP contribution >= 0.6 is 0 Å². The molecule has 2 amide bonds. The molecule has 4 rings (SSSR count). The van der Waals surface area contributed by atoms with E-state index in [-0.39, 0.29) is 18.1 Å². The summed E-state index contributed by atoms with van der Waals surface area (Å²) in [4.78, 5) is 29.4. The van der Waals surface area contributed by atoms with E-state index in [9.17, 15) is 14.9 Å². The molecule has 0 spiro atoms. The van der Waals surface area contributed by atoms with Crippen molar-refractivity contribution in [1.29, 1.82) is 5.26 Å². The van der Waals surface area contributed by atoms with Gasteiger partial charge < -0.3 is 20.1 Å². The lowest BCUT2D eigenvalue weighted by Gasteiger charge is -2.12. The molecule has 0 atom stereocenters. The number of benzene rings is 3. The molecule has 8 heteroatoms. The zero-order valence-electron chi connectivity index (χ0n) is 20.3. The third-order valence-corrected chi connectivity index (χ3v) is 5.45.